The van der Waals surface area contributed by atoms with Gasteiger partial charge in [-0.3, -0.25) is 19.6 Å². The first-order valence-corrected chi connectivity index (χ1v) is 11.1. The van der Waals surface area contributed by atoms with Crippen LogP contribution in [0.15, 0.2) is 42.9 Å². The maximum atomic E-state index is 12.9. The largest absolute Gasteiger partial charge is 0.490 e. The number of benzene rings is 1. The number of alkyl halides is 3. The van der Waals surface area contributed by atoms with E-state index in [1.165, 1.54) is 23.5 Å². The molecule has 8 nitrogen and oxygen atoms in total. The zero-order valence-corrected chi connectivity index (χ0v) is 18.9. The molecule has 2 aliphatic heterocycles. The standard InChI is InChI=1S/C22H23ClF3N5O3/c23-16-3-1-15(2-4-16)12-29-7-9-30(10-8-29)18-13-31(20(32)17-11-27-5-6-28-17)14-19(18)34-21(33)22(24,25)26/h1-6,11,18-19H,7-10,12-14H2/t18-,19-/m0/s1. The van der Waals surface area contributed by atoms with Gasteiger partial charge in [0.25, 0.3) is 5.91 Å². The Labute approximate surface area is 199 Å². The molecule has 2 fully saturated rings. The fourth-order valence-corrected chi connectivity index (χ4v) is 4.39. The van der Waals surface area contributed by atoms with Gasteiger partial charge in [0.05, 0.1) is 18.8 Å². The van der Waals surface area contributed by atoms with Crippen molar-refractivity contribution >= 4 is 23.5 Å². The van der Waals surface area contributed by atoms with E-state index in [2.05, 4.69) is 14.9 Å². The molecule has 2 atom stereocenters. The highest BCUT2D eigenvalue weighted by Gasteiger charge is 2.47. The van der Waals surface area contributed by atoms with E-state index < -0.39 is 30.2 Å². The minimum Gasteiger partial charge on any atom is -0.452 e. The van der Waals surface area contributed by atoms with Crippen LogP contribution in [0.5, 0.6) is 0 Å². The Morgan fingerprint density at radius 2 is 1.76 bits per heavy atom. The lowest BCUT2D eigenvalue weighted by Crippen LogP contribution is -2.54. The van der Waals surface area contributed by atoms with E-state index in [1.54, 1.807) is 0 Å². The third-order valence-electron chi connectivity index (χ3n) is 5.99. The molecule has 34 heavy (non-hydrogen) atoms. The monoisotopic (exact) mass is 497 g/mol. The van der Waals surface area contributed by atoms with Gasteiger partial charge in [-0.05, 0) is 17.7 Å². The molecule has 2 aromatic rings. The first kappa shape index (κ1) is 24.4. The van der Waals surface area contributed by atoms with Gasteiger partial charge >= 0.3 is 12.1 Å². The van der Waals surface area contributed by atoms with E-state index in [0.29, 0.717) is 31.2 Å². The topological polar surface area (TPSA) is 78.9 Å². The Balaban J connectivity index is 1.42. The van der Waals surface area contributed by atoms with E-state index in [0.717, 1.165) is 12.1 Å². The fourth-order valence-electron chi connectivity index (χ4n) is 4.27. The average Bonchev–Trinajstić information content (AvgIpc) is 3.24. The number of likely N-dealkylation sites (tertiary alicyclic amines) is 1. The van der Waals surface area contributed by atoms with Gasteiger partial charge in [-0.25, -0.2) is 9.78 Å². The molecule has 2 saturated heterocycles. The zero-order chi connectivity index (χ0) is 24.3. The Bertz CT molecular complexity index is 1000. The molecular weight excluding hydrogens is 475 g/mol. The quantitative estimate of drug-likeness (QED) is 0.586. The lowest BCUT2D eigenvalue weighted by atomic mass is 10.1. The number of esters is 1. The molecule has 1 aromatic carbocycles. The van der Waals surface area contributed by atoms with Crippen LogP contribution >= 0.6 is 11.6 Å². The van der Waals surface area contributed by atoms with Crippen LogP contribution < -0.4 is 0 Å². The van der Waals surface area contributed by atoms with Crippen LogP contribution in [0.1, 0.15) is 16.1 Å². The first-order valence-electron chi connectivity index (χ1n) is 10.7. The molecule has 0 N–H and O–H groups in total. The summed E-state index contributed by atoms with van der Waals surface area (Å²) in [7, 11) is 0. The average molecular weight is 498 g/mol. The second-order valence-corrected chi connectivity index (χ2v) is 8.68. The number of carbonyl (C=O) groups is 2. The Morgan fingerprint density at radius 1 is 1.06 bits per heavy atom. The predicted molar refractivity (Wildman–Crippen MR) is 116 cm³/mol. The summed E-state index contributed by atoms with van der Waals surface area (Å²) >= 11 is 5.94. The van der Waals surface area contributed by atoms with Crippen molar-refractivity contribution in [2.45, 2.75) is 24.9 Å². The predicted octanol–water partition coefficient (Wildman–Crippen LogP) is 2.25. The maximum absolute atomic E-state index is 12.9. The van der Waals surface area contributed by atoms with Crippen LogP contribution in [0.4, 0.5) is 13.2 Å². The molecule has 0 bridgehead atoms. The summed E-state index contributed by atoms with van der Waals surface area (Å²) in [6.45, 7) is 3.18. The molecule has 3 heterocycles. The van der Waals surface area contributed by atoms with Gasteiger partial charge in [-0.15, -0.1) is 0 Å². The third-order valence-corrected chi connectivity index (χ3v) is 6.24. The van der Waals surface area contributed by atoms with E-state index in [-0.39, 0.29) is 18.8 Å². The number of nitrogens with zero attached hydrogens (tertiary/aromatic N) is 5. The second kappa shape index (κ2) is 10.2. The summed E-state index contributed by atoms with van der Waals surface area (Å²) < 4.78 is 43.5. The molecule has 0 radical (unpaired) electrons. The molecule has 1 aromatic heterocycles. The summed E-state index contributed by atoms with van der Waals surface area (Å²) in [5, 5.41) is 0.662. The zero-order valence-electron chi connectivity index (χ0n) is 18.1. The summed E-state index contributed by atoms with van der Waals surface area (Å²) in [4.78, 5) is 37.8. The van der Waals surface area contributed by atoms with Gasteiger partial charge < -0.3 is 9.64 Å². The lowest BCUT2D eigenvalue weighted by Gasteiger charge is -2.39. The maximum Gasteiger partial charge on any atom is 0.490 e. The highest BCUT2D eigenvalue weighted by molar-refractivity contribution is 6.30. The van der Waals surface area contributed by atoms with Crippen molar-refractivity contribution in [3.63, 3.8) is 0 Å². The van der Waals surface area contributed by atoms with Crippen molar-refractivity contribution in [2.75, 3.05) is 39.3 Å². The van der Waals surface area contributed by atoms with E-state index in [9.17, 15) is 22.8 Å². The van der Waals surface area contributed by atoms with Gasteiger partial charge in [-0.2, -0.15) is 13.2 Å². The Kier molecular flexibility index (Phi) is 7.34. The van der Waals surface area contributed by atoms with E-state index in [1.807, 2.05) is 29.2 Å². The highest BCUT2D eigenvalue weighted by Crippen LogP contribution is 2.26. The molecule has 4 rings (SSSR count). The van der Waals surface area contributed by atoms with Crippen LogP contribution in [0, 0.1) is 0 Å². The smallest absolute Gasteiger partial charge is 0.452 e. The van der Waals surface area contributed by atoms with Crippen molar-refractivity contribution in [1.82, 2.24) is 24.7 Å². The molecule has 2 aliphatic rings. The Hall–Kier alpha value is -2.76. The van der Waals surface area contributed by atoms with Gasteiger partial charge in [0, 0.05) is 56.7 Å². The van der Waals surface area contributed by atoms with Gasteiger partial charge in [0.2, 0.25) is 0 Å². The summed E-state index contributed by atoms with van der Waals surface area (Å²) in [5.74, 6) is -2.72. The number of piperazine rings is 1. The molecular formula is C22H23ClF3N5O3. The normalized spacial score (nSPS) is 22.1. The summed E-state index contributed by atoms with van der Waals surface area (Å²) in [6, 6.07) is 7.01. The molecule has 0 saturated carbocycles. The minimum atomic E-state index is -5.11. The van der Waals surface area contributed by atoms with Crippen molar-refractivity contribution in [3.05, 3.63) is 59.1 Å². The van der Waals surface area contributed by atoms with Crippen LogP contribution in [0.2, 0.25) is 5.02 Å². The van der Waals surface area contributed by atoms with Crippen LogP contribution in [-0.2, 0) is 16.1 Å². The summed E-state index contributed by atoms with van der Waals surface area (Å²) in [5.41, 5.74) is 1.19. The van der Waals surface area contributed by atoms with Crippen molar-refractivity contribution < 1.29 is 27.5 Å². The van der Waals surface area contributed by atoms with Gasteiger partial charge in [0.15, 0.2) is 0 Å². The summed E-state index contributed by atoms with van der Waals surface area (Å²) in [6.07, 6.45) is -2.13. The molecule has 0 aliphatic carbocycles. The molecule has 182 valence electrons. The number of hydrogen-bond acceptors (Lipinski definition) is 7. The third kappa shape index (κ3) is 5.83. The van der Waals surface area contributed by atoms with Crippen molar-refractivity contribution in [3.8, 4) is 0 Å². The number of halogens is 4. The minimum absolute atomic E-state index is 0.0804. The van der Waals surface area contributed by atoms with Gasteiger partial charge in [-0.1, -0.05) is 23.7 Å². The lowest BCUT2D eigenvalue weighted by molar-refractivity contribution is -0.206. The SMILES string of the molecule is O=C(c1cnccn1)N1C[C@H](OC(=O)C(F)(F)F)[C@@H](N2CCN(Cc3ccc(Cl)cc3)CC2)C1. The van der Waals surface area contributed by atoms with Gasteiger partial charge in [0.1, 0.15) is 11.8 Å². The van der Waals surface area contributed by atoms with E-state index in [4.69, 9.17) is 16.3 Å². The fraction of sp³-hybridized carbons (Fsp3) is 0.455. The number of amides is 1. The first-order chi connectivity index (χ1) is 16.2. The molecule has 12 heteroatoms. The second-order valence-electron chi connectivity index (χ2n) is 8.25. The van der Waals surface area contributed by atoms with Crippen LogP contribution in [0.3, 0.4) is 0 Å². The highest BCUT2D eigenvalue weighted by atomic mass is 35.5. The number of ether oxygens (including phenoxy) is 1. The number of aromatic nitrogens is 2. The molecule has 0 spiro atoms. The number of hydrogen-bond donors (Lipinski definition) is 0. The van der Waals surface area contributed by atoms with Crippen molar-refractivity contribution in [1.29, 1.82) is 0 Å². The molecule has 0 unspecified atom stereocenters. The van der Waals surface area contributed by atoms with E-state index >= 15 is 0 Å². The van der Waals surface area contributed by atoms with Crippen LogP contribution in [0.25, 0.3) is 0 Å². The number of rotatable bonds is 5. The number of carbonyl (C=O) groups excluding carboxylic acids is 2. The van der Waals surface area contributed by atoms with Crippen LogP contribution in [-0.4, -0.2) is 94.1 Å². The molecule has 1 amide bonds. The van der Waals surface area contributed by atoms with Crippen molar-refractivity contribution in [2.24, 2.45) is 0 Å². The Morgan fingerprint density at radius 3 is 2.38 bits per heavy atom.